The number of para-hydroxylation sites is 1. The fourth-order valence-corrected chi connectivity index (χ4v) is 2.65. The number of rotatable bonds is 2. The third-order valence-electron chi connectivity index (χ3n) is 3.73. The van der Waals surface area contributed by atoms with Crippen LogP contribution in [0.1, 0.15) is 11.1 Å². The average molecular weight is 271 g/mol. The highest BCUT2D eigenvalue weighted by Gasteiger charge is 2.10. The van der Waals surface area contributed by atoms with Gasteiger partial charge in [0.15, 0.2) is 0 Å². The zero-order chi connectivity index (χ0) is 14.2. The molecule has 0 aliphatic rings. The van der Waals surface area contributed by atoms with Crippen molar-refractivity contribution >= 4 is 27.7 Å². The second-order valence-corrected chi connectivity index (χ2v) is 5.05. The van der Waals surface area contributed by atoms with Crippen LogP contribution in [0.2, 0.25) is 0 Å². The van der Waals surface area contributed by atoms with E-state index in [2.05, 4.69) is 6.07 Å². The molecule has 4 rings (SSSR count). The predicted octanol–water partition coefficient (Wildman–Crippen LogP) is 5.00. The summed E-state index contributed by atoms with van der Waals surface area (Å²) in [7, 11) is 0. The van der Waals surface area contributed by atoms with E-state index in [0.29, 0.717) is 5.71 Å². The molecule has 0 saturated heterocycles. The number of nitrogens with one attached hydrogen (secondary N) is 1. The van der Waals surface area contributed by atoms with Gasteiger partial charge in [0.25, 0.3) is 0 Å². The van der Waals surface area contributed by atoms with Gasteiger partial charge in [0.1, 0.15) is 11.2 Å². The average Bonchev–Trinajstić information content (AvgIpc) is 2.93. The molecule has 0 saturated carbocycles. The van der Waals surface area contributed by atoms with Crippen molar-refractivity contribution in [3.63, 3.8) is 0 Å². The fraction of sp³-hybridized carbons (Fsp3) is 0. The Balaban J connectivity index is 1.90. The molecule has 1 aromatic heterocycles. The van der Waals surface area contributed by atoms with E-state index in [4.69, 9.17) is 9.83 Å². The first-order valence-corrected chi connectivity index (χ1v) is 6.88. The van der Waals surface area contributed by atoms with Crippen molar-refractivity contribution < 1.29 is 4.42 Å². The molecule has 0 fully saturated rings. The van der Waals surface area contributed by atoms with Crippen LogP contribution < -0.4 is 0 Å². The number of benzene rings is 3. The van der Waals surface area contributed by atoms with Gasteiger partial charge >= 0.3 is 0 Å². The van der Waals surface area contributed by atoms with Crippen LogP contribution in [0, 0.1) is 5.41 Å². The number of hydrogen-bond donors (Lipinski definition) is 1. The first-order chi connectivity index (χ1) is 10.3. The molecule has 0 atom stereocenters. The Morgan fingerprint density at radius 1 is 0.667 bits per heavy atom. The van der Waals surface area contributed by atoms with Crippen LogP contribution in [-0.4, -0.2) is 5.71 Å². The first-order valence-electron chi connectivity index (χ1n) is 6.88. The Labute approximate surface area is 122 Å². The van der Waals surface area contributed by atoms with Crippen molar-refractivity contribution in [2.24, 2.45) is 0 Å². The summed E-state index contributed by atoms with van der Waals surface area (Å²) in [5.74, 6) is 0. The molecule has 0 unspecified atom stereocenters. The third-order valence-corrected chi connectivity index (χ3v) is 3.73. The Morgan fingerprint density at radius 2 is 1.38 bits per heavy atom. The summed E-state index contributed by atoms with van der Waals surface area (Å²) >= 11 is 0. The highest BCUT2D eigenvalue weighted by Crippen LogP contribution is 2.29. The van der Waals surface area contributed by atoms with E-state index in [1.165, 1.54) is 0 Å². The molecule has 21 heavy (non-hydrogen) atoms. The second-order valence-electron chi connectivity index (χ2n) is 5.05. The number of hydrogen-bond acceptors (Lipinski definition) is 2. The molecule has 1 N–H and O–H groups in total. The number of furan rings is 1. The van der Waals surface area contributed by atoms with Gasteiger partial charge in [-0.25, -0.2) is 0 Å². The molecule has 0 aliphatic heterocycles. The van der Waals surface area contributed by atoms with Crippen LogP contribution in [0.3, 0.4) is 0 Å². The minimum absolute atomic E-state index is 0.530. The van der Waals surface area contributed by atoms with Gasteiger partial charge in [-0.3, -0.25) is 5.41 Å². The summed E-state index contributed by atoms with van der Waals surface area (Å²) in [4.78, 5) is 0. The Bertz CT molecular complexity index is 951. The van der Waals surface area contributed by atoms with Gasteiger partial charge < -0.3 is 4.42 Å². The molecule has 0 spiro atoms. The summed E-state index contributed by atoms with van der Waals surface area (Å²) in [6, 6.07) is 23.7. The smallest absolute Gasteiger partial charge is 0.135 e. The van der Waals surface area contributed by atoms with Gasteiger partial charge in [0.05, 0.1) is 5.71 Å². The van der Waals surface area contributed by atoms with Gasteiger partial charge in [-0.2, -0.15) is 0 Å². The summed E-state index contributed by atoms with van der Waals surface area (Å²) in [6.45, 7) is 0. The van der Waals surface area contributed by atoms with Crippen LogP contribution in [0.4, 0.5) is 0 Å². The highest BCUT2D eigenvalue weighted by molar-refractivity contribution is 6.14. The van der Waals surface area contributed by atoms with E-state index in [0.717, 1.165) is 33.1 Å². The topological polar surface area (TPSA) is 37.0 Å². The van der Waals surface area contributed by atoms with Crippen LogP contribution in [-0.2, 0) is 0 Å². The minimum atomic E-state index is 0.530. The molecule has 0 amide bonds. The summed E-state index contributed by atoms with van der Waals surface area (Å²) in [6.07, 6.45) is 0. The van der Waals surface area contributed by atoms with Crippen LogP contribution in [0.5, 0.6) is 0 Å². The zero-order valence-electron chi connectivity index (χ0n) is 11.3. The SMILES string of the molecule is N=C(c1ccccc1)c1ccc2oc3ccccc3c2c1. The molecule has 0 radical (unpaired) electrons. The van der Waals surface area contributed by atoms with E-state index < -0.39 is 0 Å². The lowest BCUT2D eigenvalue weighted by molar-refractivity contribution is 0.669. The monoisotopic (exact) mass is 271 g/mol. The largest absolute Gasteiger partial charge is 0.456 e. The van der Waals surface area contributed by atoms with Gasteiger partial charge in [-0.1, -0.05) is 48.5 Å². The van der Waals surface area contributed by atoms with Crippen LogP contribution >= 0.6 is 0 Å². The van der Waals surface area contributed by atoms with Crippen molar-refractivity contribution in [1.82, 2.24) is 0 Å². The van der Waals surface area contributed by atoms with E-state index in [1.54, 1.807) is 0 Å². The molecule has 2 heteroatoms. The molecular weight excluding hydrogens is 258 g/mol. The van der Waals surface area contributed by atoms with Crippen molar-refractivity contribution in [2.75, 3.05) is 0 Å². The summed E-state index contributed by atoms with van der Waals surface area (Å²) in [5, 5.41) is 10.5. The standard InChI is InChI=1S/C19H13NO/c20-19(13-6-2-1-3-7-13)14-10-11-18-16(12-14)15-8-4-5-9-17(15)21-18/h1-12,20H. The maximum atomic E-state index is 8.38. The lowest BCUT2D eigenvalue weighted by Crippen LogP contribution is -2.00. The molecule has 1 heterocycles. The minimum Gasteiger partial charge on any atom is -0.456 e. The molecule has 100 valence electrons. The molecule has 0 bridgehead atoms. The van der Waals surface area contributed by atoms with Gasteiger partial charge in [0, 0.05) is 16.3 Å². The van der Waals surface area contributed by atoms with Crippen molar-refractivity contribution in [2.45, 2.75) is 0 Å². The number of fused-ring (bicyclic) bond motifs is 3. The van der Waals surface area contributed by atoms with E-state index in [1.807, 2.05) is 66.7 Å². The van der Waals surface area contributed by atoms with Gasteiger partial charge in [-0.15, -0.1) is 0 Å². The van der Waals surface area contributed by atoms with Gasteiger partial charge in [-0.05, 0) is 29.8 Å². The third kappa shape index (κ3) is 1.93. The Kier molecular flexibility index (Phi) is 2.61. The van der Waals surface area contributed by atoms with Crippen LogP contribution in [0.25, 0.3) is 21.9 Å². The molecule has 2 nitrogen and oxygen atoms in total. The normalized spacial score (nSPS) is 11.0. The Morgan fingerprint density at radius 3 is 2.24 bits per heavy atom. The molecule has 4 aromatic rings. The molecule has 0 aliphatic carbocycles. The summed E-state index contributed by atoms with van der Waals surface area (Å²) in [5.41, 5.74) is 4.10. The van der Waals surface area contributed by atoms with E-state index >= 15 is 0 Å². The van der Waals surface area contributed by atoms with Crippen molar-refractivity contribution in [3.8, 4) is 0 Å². The maximum Gasteiger partial charge on any atom is 0.135 e. The van der Waals surface area contributed by atoms with Gasteiger partial charge in [0.2, 0.25) is 0 Å². The lowest BCUT2D eigenvalue weighted by atomic mass is 10.0. The van der Waals surface area contributed by atoms with Crippen LogP contribution in [0.15, 0.2) is 77.2 Å². The molecule has 3 aromatic carbocycles. The van der Waals surface area contributed by atoms with E-state index in [-0.39, 0.29) is 0 Å². The Hall–Kier alpha value is -2.87. The molecular formula is C19H13NO. The summed E-state index contributed by atoms with van der Waals surface area (Å²) < 4.78 is 5.82. The lowest BCUT2D eigenvalue weighted by Gasteiger charge is -2.04. The second kappa shape index (κ2) is 4.60. The predicted molar refractivity (Wildman–Crippen MR) is 86.1 cm³/mol. The first kappa shape index (κ1) is 11.9. The maximum absolute atomic E-state index is 8.38. The van der Waals surface area contributed by atoms with Crippen molar-refractivity contribution in [3.05, 3.63) is 83.9 Å². The van der Waals surface area contributed by atoms with E-state index in [9.17, 15) is 0 Å². The van der Waals surface area contributed by atoms with Crippen molar-refractivity contribution in [1.29, 1.82) is 5.41 Å². The quantitative estimate of drug-likeness (QED) is 0.512. The fourth-order valence-electron chi connectivity index (χ4n) is 2.65. The highest BCUT2D eigenvalue weighted by atomic mass is 16.3. The zero-order valence-corrected chi connectivity index (χ0v) is 11.3.